The molecular weight excluding hydrogens is 253 g/mol. The Morgan fingerprint density at radius 1 is 1.58 bits per heavy atom. The van der Waals surface area contributed by atoms with Gasteiger partial charge in [0, 0.05) is 12.1 Å². The summed E-state index contributed by atoms with van der Waals surface area (Å²) in [4.78, 5) is 10.3. The van der Waals surface area contributed by atoms with E-state index in [9.17, 15) is 14.5 Å². The molecule has 0 saturated heterocycles. The number of aromatic nitrogens is 3. The summed E-state index contributed by atoms with van der Waals surface area (Å²) >= 11 is 0. The molecular formula is C11H12FN5O2. The summed E-state index contributed by atoms with van der Waals surface area (Å²) in [5.74, 6) is -0.586. The van der Waals surface area contributed by atoms with Crippen molar-refractivity contribution in [2.45, 2.75) is 19.4 Å². The highest BCUT2D eigenvalue weighted by molar-refractivity contribution is 5.51. The van der Waals surface area contributed by atoms with E-state index in [-0.39, 0.29) is 17.4 Å². The van der Waals surface area contributed by atoms with Crippen LogP contribution in [-0.2, 0) is 0 Å². The van der Waals surface area contributed by atoms with E-state index in [2.05, 4.69) is 10.3 Å². The van der Waals surface area contributed by atoms with Gasteiger partial charge in [-0.05, 0) is 12.5 Å². The molecule has 2 N–H and O–H groups in total. The van der Waals surface area contributed by atoms with Gasteiger partial charge in [-0.1, -0.05) is 12.1 Å². The first-order valence-corrected chi connectivity index (χ1v) is 5.65. The number of hydrogen-bond acceptors (Lipinski definition) is 5. The Kier molecular flexibility index (Phi) is 3.52. The lowest BCUT2D eigenvalue weighted by Gasteiger charge is -2.03. The number of nitrogens with zero attached hydrogens (tertiary/aromatic N) is 4. The Bertz CT molecular complexity index is 613. The van der Waals surface area contributed by atoms with Gasteiger partial charge in [0.2, 0.25) is 0 Å². The molecule has 1 aromatic carbocycles. The van der Waals surface area contributed by atoms with Crippen molar-refractivity contribution in [3.05, 3.63) is 46.0 Å². The second kappa shape index (κ2) is 5.11. The molecule has 2 rings (SSSR count). The van der Waals surface area contributed by atoms with Gasteiger partial charge in [0.15, 0.2) is 0 Å². The summed E-state index contributed by atoms with van der Waals surface area (Å²) in [6, 6.07) is 2.85. The Balaban J connectivity index is 2.49. The zero-order valence-corrected chi connectivity index (χ0v) is 10.2. The average molecular weight is 265 g/mol. The first-order chi connectivity index (χ1) is 9.02. The van der Waals surface area contributed by atoms with Crippen LogP contribution in [0.1, 0.15) is 25.1 Å². The Morgan fingerprint density at radius 3 is 2.95 bits per heavy atom. The van der Waals surface area contributed by atoms with Crippen LogP contribution >= 0.6 is 0 Å². The summed E-state index contributed by atoms with van der Waals surface area (Å²) in [6.07, 6.45) is 2.12. The van der Waals surface area contributed by atoms with E-state index in [0.29, 0.717) is 12.1 Å². The second-order valence-corrected chi connectivity index (χ2v) is 3.99. The van der Waals surface area contributed by atoms with Crippen molar-refractivity contribution in [1.29, 1.82) is 0 Å². The van der Waals surface area contributed by atoms with Gasteiger partial charge in [0.05, 0.1) is 22.9 Å². The van der Waals surface area contributed by atoms with Gasteiger partial charge in [0.1, 0.15) is 11.5 Å². The minimum atomic E-state index is -0.601. The summed E-state index contributed by atoms with van der Waals surface area (Å²) in [7, 11) is 0. The van der Waals surface area contributed by atoms with E-state index in [1.165, 1.54) is 6.20 Å². The highest BCUT2D eigenvalue weighted by atomic mass is 19.1. The van der Waals surface area contributed by atoms with Gasteiger partial charge >= 0.3 is 0 Å². The number of nitro groups is 1. The van der Waals surface area contributed by atoms with Crippen molar-refractivity contribution in [2.24, 2.45) is 5.73 Å². The molecule has 1 heterocycles. The third kappa shape index (κ3) is 2.58. The fourth-order valence-electron chi connectivity index (χ4n) is 1.61. The minimum absolute atomic E-state index is 0.0204. The number of nitrogens with two attached hydrogens (primary N) is 1. The zero-order valence-electron chi connectivity index (χ0n) is 10.2. The topological polar surface area (TPSA) is 99.9 Å². The molecule has 0 aliphatic carbocycles. The maximum Gasteiger partial charge on any atom is 0.295 e. The lowest BCUT2D eigenvalue weighted by molar-refractivity contribution is -0.384. The van der Waals surface area contributed by atoms with Crippen LogP contribution < -0.4 is 5.73 Å². The summed E-state index contributed by atoms with van der Waals surface area (Å²) in [6.45, 7) is 1.88. The van der Waals surface area contributed by atoms with Gasteiger partial charge in [-0.3, -0.25) is 10.1 Å². The standard InChI is InChI=1S/C11H12FN5O2/c1-2-8(13)9-6-16(15-14-9)11-5-7(12)3-4-10(11)17(18)19/h3-6,8H,2,13H2,1H3. The Hall–Kier alpha value is -2.35. The molecule has 0 fully saturated rings. The van der Waals surface area contributed by atoms with Crippen LogP contribution in [0.2, 0.25) is 0 Å². The molecule has 100 valence electrons. The molecule has 19 heavy (non-hydrogen) atoms. The lowest BCUT2D eigenvalue weighted by Crippen LogP contribution is -2.08. The predicted octanol–water partition coefficient (Wildman–Crippen LogP) is 1.72. The molecule has 1 atom stereocenters. The quantitative estimate of drug-likeness (QED) is 0.670. The van der Waals surface area contributed by atoms with Crippen molar-refractivity contribution in [1.82, 2.24) is 15.0 Å². The number of halogens is 1. The molecule has 7 nitrogen and oxygen atoms in total. The molecule has 1 unspecified atom stereocenters. The molecule has 0 bridgehead atoms. The van der Waals surface area contributed by atoms with E-state index in [1.54, 1.807) is 0 Å². The van der Waals surface area contributed by atoms with Crippen molar-refractivity contribution in [2.75, 3.05) is 0 Å². The molecule has 0 amide bonds. The molecule has 0 radical (unpaired) electrons. The van der Waals surface area contributed by atoms with Crippen LogP contribution in [0.5, 0.6) is 0 Å². The third-order valence-electron chi connectivity index (χ3n) is 2.71. The van der Waals surface area contributed by atoms with Crippen molar-refractivity contribution in [3.63, 3.8) is 0 Å². The van der Waals surface area contributed by atoms with Gasteiger partial charge in [0.25, 0.3) is 5.69 Å². The number of nitro benzene ring substituents is 1. The van der Waals surface area contributed by atoms with Crippen LogP contribution in [0, 0.1) is 15.9 Å². The van der Waals surface area contributed by atoms with Crippen LogP contribution in [0.25, 0.3) is 5.69 Å². The third-order valence-corrected chi connectivity index (χ3v) is 2.71. The number of benzene rings is 1. The predicted molar refractivity (Wildman–Crippen MR) is 65.2 cm³/mol. The second-order valence-electron chi connectivity index (χ2n) is 3.99. The smallest absolute Gasteiger partial charge is 0.295 e. The average Bonchev–Trinajstić information content (AvgIpc) is 2.86. The van der Waals surface area contributed by atoms with Gasteiger partial charge < -0.3 is 5.73 Å². The normalized spacial score (nSPS) is 12.4. The van der Waals surface area contributed by atoms with E-state index in [4.69, 9.17) is 5.73 Å². The van der Waals surface area contributed by atoms with Gasteiger partial charge in [-0.15, -0.1) is 5.10 Å². The van der Waals surface area contributed by atoms with Crippen LogP contribution in [0.4, 0.5) is 10.1 Å². The first kappa shape index (κ1) is 13.1. The molecule has 0 saturated carbocycles. The SMILES string of the molecule is CCC(N)c1cn(-c2cc(F)ccc2[N+](=O)[O-])nn1. The molecule has 1 aromatic heterocycles. The molecule has 0 aliphatic rings. The lowest BCUT2D eigenvalue weighted by atomic mass is 10.2. The fraction of sp³-hybridized carbons (Fsp3) is 0.273. The summed E-state index contributed by atoms with van der Waals surface area (Å²) < 4.78 is 14.4. The van der Waals surface area contributed by atoms with Crippen molar-refractivity contribution in [3.8, 4) is 5.69 Å². The zero-order chi connectivity index (χ0) is 14.0. The Morgan fingerprint density at radius 2 is 2.32 bits per heavy atom. The molecule has 0 spiro atoms. The van der Waals surface area contributed by atoms with Crippen LogP contribution in [0.3, 0.4) is 0 Å². The van der Waals surface area contributed by atoms with Crippen LogP contribution in [0.15, 0.2) is 24.4 Å². The van der Waals surface area contributed by atoms with Gasteiger partial charge in [-0.2, -0.15) is 0 Å². The van der Waals surface area contributed by atoms with E-state index in [1.807, 2.05) is 6.92 Å². The van der Waals surface area contributed by atoms with E-state index >= 15 is 0 Å². The van der Waals surface area contributed by atoms with Crippen molar-refractivity contribution >= 4 is 5.69 Å². The highest BCUT2D eigenvalue weighted by Crippen LogP contribution is 2.23. The monoisotopic (exact) mass is 265 g/mol. The maximum atomic E-state index is 13.2. The fourth-order valence-corrected chi connectivity index (χ4v) is 1.61. The number of rotatable bonds is 4. The molecule has 0 aliphatic heterocycles. The van der Waals surface area contributed by atoms with E-state index < -0.39 is 10.7 Å². The number of hydrogen-bond donors (Lipinski definition) is 1. The minimum Gasteiger partial charge on any atom is -0.323 e. The highest BCUT2D eigenvalue weighted by Gasteiger charge is 2.18. The molecule has 2 aromatic rings. The summed E-state index contributed by atoms with van der Waals surface area (Å²) in [5, 5.41) is 18.5. The molecule has 8 heteroatoms. The van der Waals surface area contributed by atoms with Gasteiger partial charge in [-0.25, -0.2) is 9.07 Å². The first-order valence-electron chi connectivity index (χ1n) is 5.65. The summed E-state index contributed by atoms with van der Waals surface area (Å²) in [5.41, 5.74) is 6.06. The maximum absolute atomic E-state index is 13.2. The largest absolute Gasteiger partial charge is 0.323 e. The van der Waals surface area contributed by atoms with E-state index in [0.717, 1.165) is 22.9 Å². The van der Waals surface area contributed by atoms with Crippen molar-refractivity contribution < 1.29 is 9.31 Å². The Labute approximate surface area is 108 Å². The van der Waals surface area contributed by atoms with Crippen LogP contribution in [-0.4, -0.2) is 19.9 Å².